The first kappa shape index (κ1) is 21.1. The van der Waals surface area contributed by atoms with Gasteiger partial charge in [0.25, 0.3) is 5.91 Å². The van der Waals surface area contributed by atoms with Crippen LogP contribution in [0.5, 0.6) is 0 Å². The fraction of sp³-hybridized carbons (Fsp3) is 0.500. The lowest BCUT2D eigenvalue weighted by atomic mass is 10.0. The molecular formula is C20H24Cl2FN3O2. The van der Waals surface area contributed by atoms with Crippen LogP contribution >= 0.6 is 24.0 Å². The highest BCUT2D eigenvalue weighted by atomic mass is 35.5. The molecule has 2 fully saturated rings. The predicted molar refractivity (Wildman–Crippen MR) is 109 cm³/mol. The zero-order chi connectivity index (χ0) is 19.0. The normalized spacial score (nSPS) is 17.5. The number of nitrogens with one attached hydrogen (secondary N) is 1. The van der Waals surface area contributed by atoms with Crippen molar-refractivity contribution in [3.8, 4) is 11.3 Å². The Hall–Kier alpha value is -1.63. The number of likely N-dealkylation sites (tertiary alicyclic amines) is 1. The van der Waals surface area contributed by atoms with E-state index in [2.05, 4.69) is 10.5 Å². The second-order valence-corrected chi connectivity index (χ2v) is 7.88. The van der Waals surface area contributed by atoms with Crippen LogP contribution in [-0.2, 0) is 0 Å². The van der Waals surface area contributed by atoms with E-state index in [1.54, 1.807) is 17.9 Å². The summed E-state index contributed by atoms with van der Waals surface area (Å²) in [7, 11) is 0. The third-order valence-corrected chi connectivity index (χ3v) is 5.77. The van der Waals surface area contributed by atoms with E-state index in [9.17, 15) is 9.18 Å². The highest BCUT2D eigenvalue weighted by Gasteiger charge is 2.31. The first-order valence-electron chi connectivity index (χ1n) is 9.48. The first-order chi connectivity index (χ1) is 13.0. The van der Waals surface area contributed by atoms with Gasteiger partial charge in [0.1, 0.15) is 22.8 Å². The third kappa shape index (κ3) is 4.34. The van der Waals surface area contributed by atoms with Crippen molar-refractivity contribution < 1.29 is 13.7 Å². The number of rotatable bonds is 5. The van der Waals surface area contributed by atoms with E-state index in [1.807, 2.05) is 0 Å². The van der Waals surface area contributed by atoms with Crippen LogP contribution in [0.15, 0.2) is 22.7 Å². The quantitative estimate of drug-likeness (QED) is 0.764. The molecule has 0 spiro atoms. The largest absolute Gasteiger partial charge is 0.360 e. The molecule has 1 saturated carbocycles. The van der Waals surface area contributed by atoms with Crippen molar-refractivity contribution in [2.24, 2.45) is 5.92 Å². The van der Waals surface area contributed by atoms with Gasteiger partial charge in [0.05, 0.1) is 10.6 Å². The number of aryl methyl sites for hydroxylation is 1. The summed E-state index contributed by atoms with van der Waals surface area (Å²) in [6, 6.07) is 4.86. The van der Waals surface area contributed by atoms with E-state index < -0.39 is 5.82 Å². The maximum Gasteiger partial charge on any atom is 0.259 e. The Morgan fingerprint density at radius 3 is 2.68 bits per heavy atom. The molecule has 0 atom stereocenters. The van der Waals surface area contributed by atoms with Gasteiger partial charge in [-0.2, -0.15) is 0 Å². The Morgan fingerprint density at radius 2 is 2.04 bits per heavy atom. The molecule has 1 N–H and O–H groups in total. The third-order valence-electron chi connectivity index (χ3n) is 5.45. The van der Waals surface area contributed by atoms with E-state index in [4.69, 9.17) is 16.1 Å². The summed E-state index contributed by atoms with van der Waals surface area (Å²) in [5.41, 5.74) is 0.585. The summed E-state index contributed by atoms with van der Waals surface area (Å²) in [6.07, 6.45) is 4.49. The number of hydrogen-bond acceptors (Lipinski definition) is 4. The maximum absolute atomic E-state index is 14.3. The molecule has 1 aliphatic carbocycles. The average Bonchev–Trinajstić information content (AvgIpc) is 3.42. The van der Waals surface area contributed by atoms with Crippen LogP contribution in [0.1, 0.15) is 41.8 Å². The average molecular weight is 428 g/mol. The Bertz CT molecular complexity index is 826. The van der Waals surface area contributed by atoms with E-state index in [0.717, 1.165) is 25.3 Å². The minimum absolute atomic E-state index is 0. The minimum atomic E-state index is -0.521. The predicted octanol–water partition coefficient (Wildman–Crippen LogP) is 4.47. The lowest BCUT2D eigenvalue weighted by Gasteiger charge is -2.32. The number of benzene rings is 1. The molecule has 28 heavy (non-hydrogen) atoms. The van der Waals surface area contributed by atoms with Crippen LogP contribution in [0.3, 0.4) is 0 Å². The molecule has 1 aromatic heterocycles. The number of nitrogens with zero attached hydrogens (tertiary/aromatic N) is 2. The number of carbonyl (C=O) groups excluding carboxylic acids is 1. The highest BCUT2D eigenvalue weighted by Crippen LogP contribution is 2.34. The summed E-state index contributed by atoms with van der Waals surface area (Å²) in [5, 5.41) is 7.75. The van der Waals surface area contributed by atoms with Crippen molar-refractivity contribution in [3.05, 3.63) is 40.4 Å². The van der Waals surface area contributed by atoms with E-state index in [1.165, 1.54) is 25.0 Å². The summed E-state index contributed by atoms with van der Waals surface area (Å²) in [6.45, 7) is 4.08. The van der Waals surface area contributed by atoms with Crippen LogP contribution in [0.2, 0.25) is 5.02 Å². The first-order valence-corrected chi connectivity index (χ1v) is 9.85. The number of hydrogen-bond donors (Lipinski definition) is 1. The standard InChI is InChI=1S/C20H23ClFN3O2.ClH/c1-12-17(19(24-27-12)18-15(21)3-2-4-16(18)22)20(26)25-9-7-14(8-10-25)23-11-13-5-6-13;/h2-4,13-14,23H,5-11H2,1H3;1H. The molecule has 1 aliphatic heterocycles. The Labute approximate surface area is 175 Å². The lowest BCUT2D eigenvalue weighted by molar-refractivity contribution is 0.0704. The molecule has 152 valence electrons. The monoisotopic (exact) mass is 427 g/mol. The zero-order valence-corrected chi connectivity index (χ0v) is 17.3. The van der Waals surface area contributed by atoms with Crippen LogP contribution < -0.4 is 5.32 Å². The number of halogens is 3. The van der Waals surface area contributed by atoms with Gasteiger partial charge in [0.2, 0.25) is 0 Å². The van der Waals surface area contributed by atoms with Gasteiger partial charge in [0.15, 0.2) is 0 Å². The minimum Gasteiger partial charge on any atom is -0.360 e. The van der Waals surface area contributed by atoms with Crippen molar-refractivity contribution in [3.63, 3.8) is 0 Å². The molecule has 1 amide bonds. The second-order valence-electron chi connectivity index (χ2n) is 7.48. The lowest BCUT2D eigenvalue weighted by Crippen LogP contribution is -2.45. The Balaban J connectivity index is 0.00000225. The number of carbonyl (C=O) groups is 1. The Kier molecular flexibility index (Phi) is 6.63. The fourth-order valence-electron chi connectivity index (χ4n) is 3.62. The van der Waals surface area contributed by atoms with Crippen LogP contribution in [0, 0.1) is 18.7 Å². The van der Waals surface area contributed by atoms with Crippen molar-refractivity contribution in [2.75, 3.05) is 19.6 Å². The van der Waals surface area contributed by atoms with Crippen LogP contribution in [0.4, 0.5) is 4.39 Å². The molecule has 2 aromatic rings. The van der Waals surface area contributed by atoms with Gasteiger partial charge in [-0.05, 0) is 57.2 Å². The number of piperidine rings is 1. The summed E-state index contributed by atoms with van der Waals surface area (Å²) in [5.74, 6) is 0.525. The molecular weight excluding hydrogens is 404 g/mol. The molecule has 5 nitrogen and oxygen atoms in total. The molecule has 1 aromatic carbocycles. The molecule has 0 unspecified atom stereocenters. The molecule has 1 saturated heterocycles. The topological polar surface area (TPSA) is 58.4 Å². The highest BCUT2D eigenvalue weighted by molar-refractivity contribution is 6.33. The van der Waals surface area contributed by atoms with E-state index in [0.29, 0.717) is 30.5 Å². The van der Waals surface area contributed by atoms with Crippen molar-refractivity contribution in [1.82, 2.24) is 15.4 Å². The molecule has 0 radical (unpaired) electrons. The maximum atomic E-state index is 14.3. The van der Waals surface area contributed by atoms with Crippen molar-refractivity contribution in [2.45, 2.75) is 38.6 Å². The van der Waals surface area contributed by atoms with E-state index >= 15 is 0 Å². The van der Waals surface area contributed by atoms with Gasteiger partial charge in [-0.3, -0.25) is 4.79 Å². The second kappa shape index (κ2) is 8.80. The number of amides is 1. The number of aromatic nitrogens is 1. The van der Waals surface area contributed by atoms with Crippen molar-refractivity contribution in [1.29, 1.82) is 0 Å². The van der Waals surface area contributed by atoms with E-state index in [-0.39, 0.29) is 34.6 Å². The zero-order valence-electron chi connectivity index (χ0n) is 15.7. The van der Waals surface area contributed by atoms with Gasteiger partial charge in [-0.15, -0.1) is 12.4 Å². The van der Waals surface area contributed by atoms with Gasteiger partial charge in [-0.1, -0.05) is 22.8 Å². The van der Waals surface area contributed by atoms with Gasteiger partial charge in [0, 0.05) is 19.1 Å². The summed E-state index contributed by atoms with van der Waals surface area (Å²) in [4.78, 5) is 14.9. The molecule has 8 heteroatoms. The van der Waals surface area contributed by atoms with Gasteiger partial charge < -0.3 is 14.7 Å². The van der Waals surface area contributed by atoms with Crippen molar-refractivity contribution >= 4 is 29.9 Å². The van der Waals surface area contributed by atoms with Crippen LogP contribution in [-0.4, -0.2) is 41.6 Å². The Morgan fingerprint density at radius 1 is 1.32 bits per heavy atom. The SMILES string of the molecule is Cc1onc(-c2c(F)cccc2Cl)c1C(=O)N1CCC(NCC2CC2)CC1.Cl. The van der Waals surface area contributed by atoms with Gasteiger partial charge >= 0.3 is 0 Å². The smallest absolute Gasteiger partial charge is 0.259 e. The molecule has 2 aliphatic rings. The van der Waals surface area contributed by atoms with Crippen LogP contribution in [0.25, 0.3) is 11.3 Å². The molecule has 4 rings (SSSR count). The van der Waals surface area contributed by atoms with Gasteiger partial charge in [-0.25, -0.2) is 4.39 Å². The summed E-state index contributed by atoms with van der Waals surface area (Å²) >= 11 is 6.17. The molecule has 0 bridgehead atoms. The summed E-state index contributed by atoms with van der Waals surface area (Å²) < 4.78 is 19.6. The molecule has 2 heterocycles. The fourth-order valence-corrected chi connectivity index (χ4v) is 3.87.